The fourth-order valence-electron chi connectivity index (χ4n) is 2.61. The minimum atomic E-state index is -0.183. The Balaban J connectivity index is 2.13. The molecule has 1 saturated heterocycles. The van der Waals surface area contributed by atoms with Gasteiger partial charge in [-0.25, -0.2) is 0 Å². The van der Waals surface area contributed by atoms with Crippen molar-refractivity contribution >= 4 is 5.78 Å². The van der Waals surface area contributed by atoms with Gasteiger partial charge in [0, 0.05) is 30.3 Å². The number of aromatic nitrogens is 1. The molecule has 1 aromatic heterocycles. The number of carbonyl (C=O) groups is 1. The van der Waals surface area contributed by atoms with Gasteiger partial charge in [-0.15, -0.1) is 0 Å². The minimum Gasteiger partial charge on any atom is -0.316 e. The second-order valence-corrected chi connectivity index (χ2v) is 5.16. The molecule has 3 heteroatoms. The summed E-state index contributed by atoms with van der Waals surface area (Å²) in [5.74, 6) is 0.713. The van der Waals surface area contributed by atoms with E-state index in [1.54, 1.807) is 6.20 Å². The quantitative estimate of drug-likeness (QED) is 0.861. The number of Topliss-reactive ketones (excluding diaryl/α,β-unsaturated/α-hetero) is 1. The SMILES string of the molecule is CC(C)C1(C(=O)Cc2ccccn2)CCNC1. The summed E-state index contributed by atoms with van der Waals surface area (Å²) in [7, 11) is 0. The van der Waals surface area contributed by atoms with Gasteiger partial charge in [0.15, 0.2) is 0 Å². The molecular weight excluding hydrogens is 212 g/mol. The first-order chi connectivity index (χ1) is 8.15. The van der Waals surface area contributed by atoms with Gasteiger partial charge in [-0.3, -0.25) is 9.78 Å². The third-order valence-corrected chi connectivity index (χ3v) is 3.92. The van der Waals surface area contributed by atoms with Gasteiger partial charge in [-0.2, -0.15) is 0 Å². The van der Waals surface area contributed by atoms with Crippen molar-refractivity contribution in [3.63, 3.8) is 0 Å². The molecule has 0 bridgehead atoms. The van der Waals surface area contributed by atoms with Crippen LogP contribution in [0.4, 0.5) is 0 Å². The topological polar surface area (TPSA) is 42.0 Å². The Morgan fingerprint density at radius 2 is 2.35 bits per heavy atom. The first kappa shape index (κ1) is 12.2. The Morgan fingerprint density at radius 3 is 2.88 bits per heavy atom. The highest BCUT2D eigenvalue weighted by molar-refractivity contribution is 5.87. The van der Waals surface area contributed by atoms with Crippen molar-refractivity contribution in [2.24, 2.45) is 11.3 Å². The predicted molar refractivity (Wildman–Crippen MR) is 67.7 cm³/mol. The number of pyridine rings is 1. The second-order valence-electron chi connectivity index (χ2n) is 5.16. The van der Waals surface area contributed by atoms with Crippen LogP contribution in [0.15, 0.2) is 24.4 Å². The van der Waals surface area contributed by atoms with Crippen LogP contribution < -0.4 is 5.32 Å². The number of hydrogen-bond acceptors (Lipinski definition) is 3. The van der Waals surface area contributed by atoms with Crippen molar-refractivity contribution in [3.05, 3.63) is 30.1 Å². The molecule has 1 aromatic rings. The van der Waals surface area contributed by atoms with Gasteiger partial charge in [-0.05, 0) is 31.0 Å². The van der Waals surface area contributed by atoms with Crippen LogP contribution in [0.3, 0.4) is 0 Å². The summed E-state index contributed by atoms with van der Waals surface area (Å²) in [6.07, 6.45) is 3.16. The van der Waals surface area contributed by atoms with E-state index in [0.29, 0.717) is 18.1 Å². The summed E-state index contributed by atoms with van der Waals surface area (Å²) in [6, 6.07) is 5.74. The highest BCUT2D eigenvalue weighted by atomic mass is 16.1. The number of nitrogens with zero attached hydrogens (tertiary/aromatic N) is 1. The van der Waals surface area contributed by atoms with E-state index in [4.69, 9.17) is 0 Å². The molecule has 1 N–H and O–H groups in total. The number of carbonyl (C=O) groups excluding carboxylic acids is 1. The Morgan fingerprint density at radius 1 is 1.53 bits per heavy atom. The second kappa shape index (κ2) is 4.96. The van der Waals surface area contributed by atoms with E-state index in [0.717, 1.165) is 25.2 Å². The molecule has 0 saturated carbocycles. The lowest BCUT2D eigenvalue weighted by atomic mass is 9.72. The molecule has 0 aromatic carbocycles. The van der Waals surface area contributed by atoms with E-state index in [-0.39, 0.29) is 5.41 Å². The van der Waals surface area contributed by atoms with Crippen LogP contribution in [-0.2, 0) is 11.2 Å². The number of nitrogens with one attached hydrogen (secondary N) is 1. The normalized spacial score (nSPS) is 24.2. The summed E-state index contributed by atoms with van der Waals surface area (Å²) < 4.78 is 0. The van der Waals surface area contributed by atoms with Crippen molar-refractivity contribution in [1.82, 2.24) is 10.3 Å². The van der Waals surface area contributed by atoms with E-state index in [9.17, 15) is 4.79 Å². The molecule has 0 amide bonds. The molecule has 1 aliphatic heterocycles. The number of ketones is 1. The van der Waals surface area contributed by atoms with Crippen molar-refractivity contribution in [1.29, 1.82) is 0 Å². The zero-order valence-corrected chi connectivity index (χ0v) is 10.6. The van der Waals surface area contributed by atoms with Gasteiger partial charge >= 0.3 is 0 Å². The Labute approximate surface area is 103 Å². The highest BCUT2D eigenvalue weighted by Crippen LogP contribution is 2.35. The predicted octanol–water partition coefficient (Wildman–Crippen LogP) is 1.83. The summed E-state index contributed by atoms with van der Waals surface area (Å²) >= 11 is 0. The largest absolute Gasteiger partial charge is 0.316 e. The third-order valence-electron chi connectivity index (χ3n) is 3.92. The van der Waals surface area contributed by atoms with E-state index >= 15 is 0 Å². The Kier molecular flexibility index (Phi) is 3.57. The number of hydrogen-bond donors (Lipinski definition) is 1. The van der Waals surface area contributed by atoms with Gasteiger partial charge in [0.25, 0.3) is 0 Å². The first-order valence-corrected chi connectivity index (χ1v) is 6.29. The van der Waals surface area contributed by atoms with Gasteiger partial charge < -0.3 is 5.32 Å². The lowest BCUT2D eigenvalue weighted by Gasteiger charge is -2.30. The van der Waals surface area contributed by atoms with Gasteiger partial charge in [0.05, 0.1) is 0 Å². The smallest absolute Gasteiger partial charge is 0.146 e. The first-order valence-electron chi connectivity index (χ1n) is 6.29. The molecule has 1 unspecified atom stereocenters. The average molecular weight is 232 g/mol. The Bertz CT molecular complexity index is 380. The average Bonchev–Trinajstić information content (AvgIpc) is 2.80. The molecule has 17 heavy (non-hydrogen) atoms. The van der Waals surface area contributed by atoms with Crippen LogP contribution in [0.5, 0.6) is 0 Å². The maximum atomic E-state index is 12.5. The molecule has 0 radical (unpaired) electrons. The molecule has 92 valence electrons. The fraction of sp³-hybridized carbons (Fsp3) is 0.571. The molecular formula is C14H20N2O. The van der Waals surface area contributed by atoms with Crippen molar-refractivity contribution in [2.45, 2.75) is 26.7 Å². The van der Waals surface area contributed by atoms with Crippen LogP contribution in [-0.4, -0.2) is 23.9 Å². The third kappa shape index (κ3) is 2.39. The van der Waals surface area contributed by atoms with Crippen LogP contribution >= 0.6 is 0 Å². The van der Waals surface area contributed by atoms with Crippen molar-refractivity contribution < 1.29 is 4.79 Å². The van der Waals surface area contributed by atoms with E-state index in [1.807, 2.05) is 18.2 Å². The molecule has 3 nitrogen and oxygen atoms in total. The molecule has 0 spiro atoms. The molecule has 2 rings (SSSR count). The molecule has 0 aliphatic carbocycles. The highest BCUT2D eigenvalue weighted by Gasteiger charge is 2.43. The van der Waals surface area contributed by atoms with Crippen molar-refractivity contribution in [3.8, 4) is 0 Å². The van der Waals surface area contributed by atoms with Crippen molar-refractivity contribution in [2.75, 3.05) is 13.1 Å². The van der Waals surface area contributed by atoms with E-state index in [2.05, 4.69) is 24.1 Å². The molecule has 1 fully saturated rings. The number of rotatable bonds is 4. The molecule has 1 aliphatic rings. The van der Waals surface area contributed by atoms with Crippen LogP contribution in [0.2, 0.25) is 0 Å². The summed E-state index contributed by atoms with van der Waals surface area (Å²) in [4.78, 5) is 16.7. The monoisotopic (exact) mass is 232 g/mol. The lowest BCUT2D eigenvalue weighted by molar-refractivity contribution is -0.129. The standard InChI is InChI=1S/C14H20N2O/c1-11(2)14(6-8-15-10-14)13(17)9-12-5-3-4-7-16-12/h3-5,7,11,15H,6,8-10H2,1-2H3. The Hall–Kier alpha value is -1.22. The summed E-state index contributed by atoms with van der Waals surface area (Å²) in [5.41, 5.74) is 0.696. The van der Waals surface area contributed by atoms with E-state index < -0.39 is 0 Å². The van der Waals surface area contributed by atoms with Gasteiger partial charge in [0.2, 0.25) is 0 Å². The maximum absolute atomic E-state index is 12.5. The minimum absolute atomic E-state index is 0.183. The van der Waals surface area contributed by atoms with Crippen LogP contribution in [0.25, 0.3) is 0 Å². The summed E-state index contributed by atoms with van der Waals surface area (Å²) in [5, 5.41) is 3.32. The molecule has 2 heterocycles. The van der Waals surface area contributed by atoms with Gasteiger partial charge in [0.1, 0.15) is 5.78 Å². The van der Waals surface area contributed by atoms with Crippen LogP contribution in [0.1, 0.15) is 26.0 Å². The van der Waals surface area contributed by atoms with Crippen LogP contribution in [0, 0.1) is 11.3 Å². The summed E-state index contributed by atoms with van der Waals surface area (Å²) in [6.45, 7) is 6.05. The van der Waals surface area contributed by atoms with Gasteiger partial charge in [-0.1, -0.05) is 19.9 Å². The fourth-order valence-corrected chi connectivity index (χ4v) is 2.61. The van der Waals surface area contributed by atoms with E-state index in [1.165, 1.54) is 0 Å². The zero-order chi connectivity index (χ0) is 12.3. The lowest BCUT2D eigenvalue weighted by Crippen LogP contribution is -2.39. The maximum Gasteiger partial charge on any atom is 0.146 e. The zero-order valence-electron chi connectivity index (χ0n) is 10.6. The molecule has 1 atom stereocenters.